The fraction of sp³-hybridized carbons (Fsp3) is 0.833. The van der Waals surface area contributed by atoms with Crippen LogP contribution in [0.4, 0.5) is 4.79 Å². The highest BCUT2D eigenvalue weighted by molar-refractivity contribution is 6.17. The predicted octanol–water partition coefficient (Wildman–Crippen LogP) is 2.76. The maximum Gasteiger partial charge on any atom is 0.410 e. The van der Waals surface area contributed by atoms with Gasteiger partial charge in [-0.05, 0) is 34.6 Å². The van der Waals surface area contributed by atoms with E-state index in [1.54, 1.807) is 20.8 Å². The highest BCUT2D eigenvalue weighted by Gasteiger charge is 2.24. The number of halogens is 1. The summed E-state index contributed by atoms with van der Waals surface area (Å²) in [6.07, 6.45) is -0.333. The normalized spacial score (nSPS) is 11.3. The van der Waals surface area contributed by atoms with E-state index in [2.05, 4.69) is 4.74 Å². The monoisotopic (exact) mass is 279 g/mol. The standard InChI is InChI=1S/C12H22ClNO4/c1-9(2)14(7-6-10(15)17-8-13)11(16)18-12(3,4)5/h9H,6-8H2,1-5H3. The molecule has 0 aliphatic rings. The van der Waals surface area contributed by atoms with Crippen molar-refractivity contribution in [2.45, 2.75) is 52.7 Å². The maximum absolute atomic E-state index is 11.9. The molecule has 0 aromatic heterocycles. The van der Waals surface area contributed by atoms with E-state index in [4.69, 9.17) is 16.3 Å². The summed E-state index contributed by atoms with van der Waals surface area (Å²) in [6.45, 7) is 9.36. The molecule has 6 heteroatoms. The van der Waals surface area contributed by atoms with Gasteiger partial charge in [-0.25, -0.2) is 4.79 Å². The van der Waals surface area contributed by atoms with Gasteiger partial charge in [0.1, 0.15) is 5.60 Å². The summed E-state index contributed by atoms with van der Waals surface area (Å²) in [5.41, 5.74) is -0.555. The van der Waals surface area contributed by atoms with Crippen molar-refractivity contribution in [2.75, 3.05) is 12.6 Å². The van der Waals surface area contributed by atoms with Gasteiger partial charge in [-0.1, -0.05) is 11.6 Å². The second-order valence-corrected chi connectivity index (χ2v) is 5.36. The van der Waals surface area contributed by atoms with E-state index in [9.17, 15) is 9.59 Å². The first kappa shape index (κ1) is 17.0. The van der Waals surface area contributed by atoms with Gasteiger partial charge in [0.15, 0.2) is 6.07 Å². The highest BCUT2D eigenvalue weighted by atomic mass is 35.5. The van der Waals surface area contributed by atoms with E-state index in [-0.39, 0.29) is 25.1 Å². The van der Waals surface area contributed by atoms with Crippen molar-refractivity contribution in [1.82, 2.24) is 4.90 Å². The molecule has 0 N–H and O–H groups in total. The average Bonchev–Trinajstić information content (AvgIpc) is 2.14. The molecular formula is C12H22ClNO4. The fourth-order valence-corrected chi connectivity index (χ4v) is 1.35. The molecule has 0 aromatic rings. The van der Waals surface area contributed by atoms with Crippen LogP contribution < -0.4 is 0 Å². The van der Waals surface area contributed by atoms with Crippen LogP contribution in [0.25, 0.3) is 0 Å². The van der Waals surface area contributed by atoms with E-state index >= 15 is 0 Å². The van der Waals surface area contributed by atoms with Gasteiger partial charge in [-0.3, -0.25) is 4.79 Å². The Morgan fingerprint density at radius 2 is 1.83 bits per heavy atom. The summed E-state index contributed by atoms with van der Waals surface area (Å²) in [7, 11) is 0. The SMILES string of the molecule is CC(C)N(CCC(=O)OCCl)C(=O)OC(C)(C)C. The largest absolute Gasteiger partial charge is 0.449 e. The van der Waals surface area contributed by atoms with E-state index < -0.39 is 17.7 Å². The van der Waals surface area contributed by atoms with Gasteiger partial charge in [0.25, 0.3) is 0 Å². The molecule has 18 heavy (non-hydrogen) atoms. The Bertz CT molecular complexity index is 286. The van der Waals surface area contributed by atoms with Gasteiger partial charge in [0.2, 0.25) is 0 Å². The molecule has 0 heterocycles. The third-order valence-electron chi connectivity index (χ3n) is 2.02. The van der Waals surface area contributed by atoms with Crippen LogP contribution in [-0.2, 0) is 14.3 Å². The van der Waals surface area contributed by atoms with Crippen LogP contribution >= 0.6 is 11.6 Å². The van der Waals surface area contributed by atoms with Crippen molar-refractivity contribution in [3.05, 3.63) is 0 Å². The van der Waals surface area contributed by atoms with Gasteiger partial charge >= 0.3 is 12.1 Å². The number of hydrogen-bond donors (Lipinski definition) is 0. The zero-order valence-corrected chi connectivity index (χ0v) is 12.4. The van der Waals surface area contributed by atoms with Crippen LogP contribution in [0, 0.1) is 0 Å². The maximum atomic E-state index is 11.9. The van der Waals surface area contributed by atoms with Gasteiger partial charge in [-0.2, -0.15) is 0 Å². The predicted molar refractivity (Wildman–Crippen MR) is 69.5 cm³/mol. The highest BCUT2D eigenvalue weighted by Crippen LogP contribution is 2.12. The van der Waals surface area contributed by atoms with Gasteiger partial charge in [-0.15, -0.1) is 0 Å². The number of nitrogens with zero attached hydrogens (tertiary/aromatic N) is 1. The molecule has 0 rings (SSSR count). The van der Waals surface area contributed by atoms with Gasteiger partial charge in [0, 0.05) is 12.6 Å². The molecule has 0 aliphatic carbocycles. The Labute approximate surface area is 113 Å². The van der Waals surface area contributed by atoms with Crippen molar-refractivity contribution in [2.24, 2.45) is 0 Å². The molecule has 0 atom stereocenters. The van der Waals surface area contributed by atoms with Crippen molar-refractivity contribution < 1.29 is 19.1 Å². The van der Waals surface area contributed by atoms with Gasteiger partial charge in [0.05, 0.1) is 6.42 Å². The number of amides is 1. The van der Waals surface area contributed by atoms with E-state index in [1.807, 2.05) is 13.8 Å². The number of esters is 1. The molecule has 0 aliphatic heterocycles. The number of rotatable bonds is 5. The molecule has 0 spiro atoms. The minimum Gasteiger partial charge on any atom is -0.449 e. The fourth-order valence-electron chi connectivity index (χ4n) is 1.23. The third kappa shape index (κ3) is 7.37. The lowest BCUT2D eigenvalue weighted by atomic mass is 10.2. The summed E-state index contributed by atoms with van der Waals surface area (Å²) >= 11 is 5.28. The topological polar surface area (TPSA) is 55.8 Å². The Morgan fingerprint density at radius 1 is 1.28 bits per heavy atom. The summed E-state index contributed by atoms with van der Waals surface area (Å²) in [5, 5.41) is 0. The molecule has 0 saturated carbocycles. The minimum atomic E-state index is -0.555. The number of hydrogen-bond acceptors (Lipinski definition) is 4. The minimum absolute atomic E-state index is 0.0522. The first-order valence-electron chi connectivity index (χ1n) is 5.88. The van der Waals surface area contributed by atoms with Crippen molar-refractivity contribution in [3.8, 4) is 0 Å². The molecule has 0 fully saturated rings. The van der Waals surface area contributed by atoms with E-state index in [0.29, 0.717) is 0 Å². The molecule has 0 aromatic carbocycles. The van der Waals surface area contributed by atoms with Crippen LogP contribution in [0.15, 0.2) is 0 Å². The molecule has 106 valence electrons. The van der Waals surface area contributed by atoms with Crippen LogP contribution in [0.1, 0.15) is 41.0 Å². The average molecular weight is 280 g/mol. The molecule has 0 bridgehead atoms. The summed E-state index contributed by atoms with van der Waals surface area (Å²) < 4.78 is 9.86. The lowest BCUT2D eigenvalue weighted by Crippen LogP contribution is -2.42. The van der Waals surface area contributed by atoms with Gasteiger partial charge < -0.3 is 14.4 Å². The second kappa shape index (κ2) is 7.46. The van der Waals surface area contributed by atoms with Crippen LogP contribution in [0.3, 0.4) is 0 Å². The number of ether oxygens (including phenoxy) is 2. The Balaban J connectivity index is 4.39. The lowest BCUT2D eigenvalue weighted by Gasteiger charge is -2.29. The quantitative estimate of drug-likeness (QED) is 0.574. The third-order valence-corrected chi connectivity index (χ3v) is 2.13. The Morgan fingerprint density at radius 3 is 2.22 bits per heavy atom. The summed E-state index contributed by atoms with van der Waals surface area (Å²) in [6, 6.07) is -0.226. The summed E-state index contributed by atoms with van der Waals surface area (Å²) in [4.78, 5) is 24.6. The van der Waals surface area contributed by atoms with Crippen molar-refractivity contribution in [1.29, 1.82) is 0 Å². The lowest BCUT2D eigenvalue weighted by molar-refractivity contribution is -0.141. The zero-order chi connectivity index (χ0) is 14.3. The molecule has 1 amide bonds. The molecule has 0 unspecified atom stereocenters. The number of carbonyl (C=O) groups is 2. The first-order valence-corrected chi connectivity index (χ1v) is 6.42. The Kier molecular flexibility index (Phi) is 7.06. The van der Waals surface area contributed by atoms with Crippen LogP contribution in [0.5, 0.6) is 0 Å². The second-order valence-electron chi connectivity index (χ2n) is 5.14. The summed E-state index contributed by atoms with van der Waals surface area (Å²) in [5.74, 6) is -0.431. The van der Waals surface area contributed by atoms with Crippen LogP contribution in [-0.4, -0.2) is 41.2 Å². The van der Waals surface area contributed by atoms with Crippen molar-refractivity contribution in [3.63, 3.8) is 0 Å². The first-order chi connectivity index (χ1) is 8.17. The molecule has 5 nitrogen and oxygen atoms in total. The number of carbonyl (C=O) groups excluding carboxylic acids is 2. The molecule has 0 saturated heterocycles. The van der Waals surface area contributed by atoms with Crippen LogP contribution in [0.2, 0.25) is 0 Å². The number of alkyl halides is 1. The zero-order valence-electron chi connectivity index (χ0n) is 11.7. The van der Waals surface area contributed by atoms with E-state index in [1.165, 1.54) is 4.90 Å². The molecule has 0 radical (unpaired) electrons. The smallest absolute Gasteiger partial charge is 0.410 e. The Hall–Kier alpha value is -0.970. The van der Waals surface area contributed by atoms with E-state index in [0.717, 1.165) is 0 Å². The van der Waals surface area contributed by atoms with Crippen molar-refractivity contribution >= 4 is 23.7 Å². The molecular weight excluding hydrogens is 258 g/mol.